The molecule has 1 aliphatic rings. The average molecular weight is 330 g/mol. The number of hydrogen-bond donors (Lipinski definition) is 1. The van der Waals surface area contributed by atoms with Crippen LogP contribution in [0.25, 0.3) is 0 Å². The molecule has 1 aliphatic heterocycles. The molecule has 0 unspecified atom stereocenters. The van der Waals surface area contributed by atoms with E-state index in [9.17, 15) is 4.79 Å². The van der Waals surface area contributed by atoms with Gasteiger partial charge in [-0.05, 0) is 18.4 Å². The maximum absolute atomic E-state index is 11.8. The number of nitrogens with zero attached hydrogens (tertiary/aromatic N) is 5. The number of nitrogens with one attached hydrogen (secondary N) is 1. The topological polar surface area (TPSA) is 97.0 Å². The molecule has 0 spiro atoms. The molecule has 8 nitrogen and oxygen atoms in total. The Labute approximate surface area is 140 Å². The van der Waals surface area contributed by atoms with Gasteiger partial charge in [-0.3, -0.25) is 9.69 Å². The lowest BCUT2D eigenvalue weighted by Crippen LogP contribution is -2.31. The molecule has 0 saturated carbocycles. The van der Waals surface area contributed by atoms with Gasteiger partial charge in [0.1, 0.15) is 6.33 Å². The molecule has 24 heavy (non-hydrogen) atoms. The number of carbonyl (C=O) groups is 1. The lowest BCUT2D eigenvalue weighted by Gasteiger charge is -2.25. The van der Waals surface area contributed by atoms with E-state index >= 15 is 0 Å². The van der Waals surface area contributed by atoms with Crippen molar-refractivity contribution in [1.29, 1.82) is 0 Å². The zero-order chi connectivity index (χ0) is 16.8. The first kappa shape index (κ1) is 16.5. The van der Waals surface area contributed by atoms with Gasteiger partial charge in [-0.1, -0.05) is 18.5 Å². The average Bonchev–Trinajstić information content (AvgIpc) is 3.02. The smallest absolute Gasteiger partial charge is 0.240 e. The van der Waals surface area contributed by atoms with E-state index in [0.717, 1.165) is 38.0 Å². The summed E-state index contributed by atoms with van der Waals surface area (Å²) in [6.45, 7) is 4.98. The van der Waals surface area contributed by atoms with Gasteiger partial charge in [0.15, 0.2) is 5.82 Å². The van der Waals surface area contributed by atoms with Crippen molar-refractivity contribution in [2.45, 2.75) is 45.7 Å². The summed E-state index contributed by atoms with van der Waals surface area (Å²) in [6, 6.07) is 0. The number of aromatic nitrogens is 4. The molecule has 8 heteroatoms. The third-order valence-electron chi connectivity index (χ3n) is 3.99. The molecule has 1 N–H and O–H groups in total. The van der Waals surface area contributed by atoms with Crippen LogP contribution in [-0.4, -0.2) is 44.0 Å². The minimum Gasteiger partial charge on any atom is -0.356 e. The highest BCUT2D eigenvalue weighted by Crippen LogP contribution is 2.17. The molecule has 0 bridgehead atoms. The summed E-state index contributed by atoms with van der Waals surface area (Å²) in [6.07, 6.45) is 6.55. The van der Waals surface area contributed by atoms with Crippen LogP contribution in [-0.2, 0) is 30.7 Å². The van der Waals surface area contributed by atoms with E-state index in [1.54, 1.807) is 6.33 Å². The van der Waals surface area contributed by atoms with Crippen LogP contribution >= 0.6 is 0 Å². The Kier molecular flexibility index (Phi) is 5.47. The third-order valence-corrected chi connectivity index (χ3v) is 3.99. The molecule has 0 saturated heterocycles. The number of amides is 1. The minimum absolute atomic E-state index is 0.0700. The second-order valence-corrected chi connectivity index (χ2v) is 5.94. The Morgan fingerprint density at radius 3 is 3.25 bits per heavy atom. The van der Waals surface area contributed by atoms with Gasteiger partial charge in [-0.25, -0.2) is 9.97 Å². The summed E-state index contributed by atoms with van der Waals surface area (Å²) >= 11 is 0. The number of rotatable bonds is 7. The van der Waals surface area contributed by atoms with E-state index in [0.29, 0.717) is 24.8 Å². The number of unbranched alkanes of at least 4 members (excludes halogenated alkanes) is 1. The molecule has 0 aliphatic carbocycles. The van der Waals surface area contributed by atoms with Crippen LogP contribution < -0.4 is 5.32 Å². The molecule has 3 rings (SSSR count). The van der Waals surface area contributed by atoms with Crippen LogP contribution in [0.2, 0.25) is 0 Å². The van der Waals surface area contributed by atoms with Gasteiger partial charge in [0, 0.05) is 25.8 Å². The SMILES string of the molecule is CCCCNC(=O)Cc1noc(CN2CCc3cncnc3C2)n1. The standard InChI is InChI=1S/C16H22N6O2/c1-2-3-5-18-15(23)7-14-20-16(24-21-14)10-22-6-4-12-8-17-11-19-13(12)9-22/h8,11H,2-7,9-10H2,1H3,(H,18,23). The van der Waals surface area contributed by atoms with Crippen LogP contribution in [0.4, 0.5) is 0 Å². The first-order valence-corrected chi connectivity index (χ1v) is 8.33. The molecular formula is C16H22N6O2. The van der Waals surface area contributed by atoms with Crippen LogP contribution in [0.3, 0.4) is 0 Å². The highest BCUT2D eigenvalue weighted by Gasteiger charge is 2.20. The van der Waals surface area contributed by atoms with Crippen molar-refractivity contribution >= 4 is 5.91 Å². The molecule has 2 aromatic rings. The van der Waals surface area contributed by atoms with Crippen molar-refractivity contribution in [3.63, 3.8) is 0 Å². The summed E-state index contributed by atoms with van der Waals surface area (Å²) in [5.41, 5.74) is 2.25. The van der Waals surface area contributed by atoms with E-state index < -0.39 is 0 Å². The summed E-state index contributed by atoms with van der Waals surface area (Å²) in [4.78, 5) is 26.7. The highest BCUT2D eigenvalue weighted by molar-refractivity contribution is 5.77. The van der Waals surface area contributed by atoms with Gasteiger partial charge in [-0.15, -0.1) is 0 Å². The third kappa shape index (κ3) is 4.35. The second kappa shape index (κ2) is 7.96. The van der Waals surface area contributed by atoms with E-state index in [2.05, 4.69) is 37.2 Å². The monoisotopic (exact) mass is 330 g/mol. The fraction of sp³-hybridized carbons (Fsp3) is 0.562. The number of hydrogen-bond acceptors (Lipinski definition) is 7. The fourth-order valence-corrected chi connectivity index (χ4v) is 2.67. The lowest BCUT2D eigenvalue weighted by atomic mass is 10.1. The lowest BCUT2D eigenvalue weighted by molar-refractivity contribution is -0.120. The molecule has 3 heterocycles. The van der Waals surface area contributed by atoms with Crippen LogP contribution in [0.15, 0.2) is 17.0 Å². The second-order valence-electron chi connectivity index (χ2n) is 5.94. The minimum atomic E-state index is -0.0700. The Hall–Kier alpha value is -2.35. The van der Waals surface area contributed by atoms with Crippen molar-refractivity contribution in [2.24, 2.45) is 0 Å². The Bertz CT molecular complexity index is 687. The fourth-order valence-electron chi connectivity index (χ4n) is 2.67. The molecule has 0 radical (unpaired) electrons. The largest absolute Gasteiger partial charge is 0.356 e. The van der Waals surface area contributed by atoms with Gasteiger partial charge in [0.2, 0.25) is 11.8 Å². The molecule has 0 atom stereocenters. The predicted molar refractivity (Wildman–Crippen MR) is 85.8 cm³/mol. The predicted octanol–water partition coefficient (Wildman–Crippen LogP) is 0.877. The van der Waals surface area contributed by atoms with Gasteiger partial charge in [0.05, 0.1) is 18.7 Å². The van der Waals surface area contributed by atoms with Crippen molar-refractivity contribution in [3.8, 4) is 0 Å². The van der Waals surface area contributed by atoms with Crippen LogP contribution in [0.1, 0.15) is 42.7 Å². The summed E-state index contributed by atoms with van der Waals surface area (Å²) in [5.74, 6) is 0.891. The van der Waals surface area contributed by atoms with Crippen molar-refractivity contribution in [3.05, 3.63) is 35.5 Å². The number of fused-ring (bicyclic) bond motifs is 1. The molecular weight excluding hydrogens is 308 g/mol. The summed E-state index contributed by atoms with van der Waals surface area (Å²) in [5, 5.41) is 6.74. The Morgan fingerprint density at radius 2 is 2.38 bits per heavy atom. The Morgan fingerprint density at radius 1 is 1.46 bits per heavy atom. The maximum atomic E-state index is 11.8. The van der Waals surface area contributed by atoms with Crippen molar-refractivity contribution < 1.29 is 9.32 Å². The van der Waals surface area contributed by atoms with Crippen LogP contribution in [0.5, 0.6) is 0 Å². The van der Waals surface area contributed by atoms with E-state index in [4.69, 9.17) is 4.52 Å². The molecule has 128 valence electrons. The van der Waals surface area contributed by atoms with E-state index in [1.807, 2.05) is 6.20 Å². The maximum Gasteiger partial charge on any atom is 0.240 e. The van der Waals surface area contributed by atoms with Gasteiger partial charge in [0.25, 0.3) is 0 Å². The first-order chi connectivity index (χ1) is 11.7. The molecule has 2 aromatic heterocycles. The van der Waals surface area contributed by atoms with E-state index in [-0.39, 0.29) is 12.3 Å². The van der Waals surface area contributed by atoms with Gasteiger partial charge < -0.3 is 9.84 Å². The zero-order valence-corrected chi connectivity index (χ0v) is 13.9. The van der Waals surface area contributed by atoms with Crippen molar-refractivity contribution in [1.82, 2.24) is 30.3 Å². The van der Waals surface area contributed by atoms with Crippen molar-refractivity contribution in [2.75, 3.05) is 13.1 Å². The highest BCUT2D eigenvalue weighted by atomic mass is 16.5. The quantitative estimate of drug-likeness (QED) is 0.753. The molecule has 0 aromatic carbocycles. The zero-order valence-electron chi connectivity index (χ0n) is 13.9. The molecule has 0 fully saturated rings. The number of carbonyl (C=O) groups excluding carboxylic acids is 1. The Balaban J connectivity index is 1.50. The first-order valence-electron chi connectivity index (χ1n) is 8.33. The normalized spacial score (nSPS) is 14.4. The summed E-state index contributed by atoms with van der Waals surface area (Å²) < 4.78 is 5.27. The van der Waals surface area contributed by atoms with Gasteiger partial charge in [-0.2, -0.15) is 4.98 Å². The summed E-state index contributed by atoms with van der Waals surface area (Å²) in [7, 11) is 0. The van der Waals surface area contributed by atoms with E-state index in [1.165, 1.54) is 5.56 Å². The van der Waals surface area contributed by atoms with Crippen LogP contribution in [0, 0.1) is 0 Å². The van der Waals surface area contributed by atoms with Gasteiger partial charge >= 0.3 is 0 Å². The molecule has 1 amide bonds.